The number of hydrogen-bond acceptors (Lipinski definition) is 2. The Labute approximate surface area is 88.0 Å². The smallest absolute Gasteiger partial charge is 0.311 e. The van der Waals surface area contributed by atoms with Gasteiger partial charge in [-0.25, -0.2) is 0 Å². The zero-order valence-corrected chi connectivity index (χ0v) is 10.4. The molecular formula is C12H24O2. The summed E-state index contributed by atoms with van der Waals surface area (Å²) >= 11 is 0. The fourth-order valence-corrected chi connectivity index (χ4v) is 2.45. The summed E-state index contributed by atoms with van der Waals surface area (Å²) in [4.78, 5) is 11.7. The summed E-state index contributed by atoms with van der Waals surface area (Å²) in [5.74, 6) is 0.851. The SMILES string of the molecule is CCC(C(C)C)C(C)(CC)C(=O)OC. The first-order valence-corrected chi connectivity index (χ1v) is 5.52. The van der Waals surface area contributed by atoms with Crippen LogP contribution in [0.5, 0.6) is 0 Å². The fourth-order valence-electron chi connectivity index (χ4n) is 2.45. The number of rotatable bonds is 5. The minimum Gasteiger partial charge on any atom is -0.469 e. The summed E-state index contributed by atoms with van der Waals surface area (Å²) in [6.45, 7) is 10.6. The zero-order valence-electron chi connectivity index (χ0n) is 10.4. The third-order valence-corrected chi connectivity index (χ3v) is 3.45. The Kier molecular flexibility index (Phi) is 5.17. The van der Waals surface area contributed by atoms with Crippen LogP contribution in [0.2, 0.25) is 0 Å². The van der Waals surface area contributed by atoms with Gasteiger partial charge in [-0.3, -0.25) is 4.79 Å². The Morgan fingerprint density at radius 1 is 1.36 bits per heavy atom. The van der Waals surface area contributed by atoms with Gasteiger partial charge in [0.2, 0.25) is 0 Å². The van der Waals surface area contributed by atoms with Gasteiger partial charge in [0, 0.05) is 0 Å². The molecule has 0 rings (SSSR count). The predicted octanol–water partition coefficient (Wildman–Crippen LogP) is 3.26. The second kappa shape index (κ2) is 5.38. The molecule has 0 saturated carbocycles. The van der Waals surface area contributed by atoms with Gasteiger partial charge in [0.25, 0.3) is 0 Å². The number of esters is 1. The van der Waals surface area contributed by atoms with Gasteiger partial charge in [-0.1, -0.05) is 34.1 Å². The summed E-state index contributed by atoms with van der Waals surface area (Å²) < 4.78 is 4.90. The number of ether oxygens (including phenoxy) is 1. The average Bonchev–Trinajstić information content (AvgIpc) is 2.16. The third kappa shape index (κ3) is 2.49. The maximum atomic E-state index is 11.7. The number of carbonyl (C=O) groups excluding carboxylic acids is 1. The molecule has 0 spiro atoms. The molecule has 0 aliphatic rings. The lowest BCUT2D eigenvalue weighted by Gasteiger charge is -2.36. The highest BCUT2D eigenvalue weighted by Gasteiger charge is 2.41. The van der Waals surface area contributed by atoms with Crippen molar-refractivity contribution in [2.45, 2.75) is 47.5 Å². The second-order valence-corrected chi connectivity index (χ2v) is 4.52. The summed E-state index contributed by atoms with van der Waals surface area (Å²) in [5.41, 5.74) is -0.322. The van der Waals surface area contributed by atoms with Crippen molar-refractivity contribution in [3.63, 3.8) is 0 Å². The lowest BCUT2D eigenvalue weighted by molar-refractivity contribution is -0.157. The summed E-state index contributed by atoms with van der Waals surface area (Å²) in [5, 5.41) is 0. The van der Waals surface area contributed by atoms with E-state index in [-0.39, 0.29) is 11.4 Å². The van der Waals surface area contributed by atoms with E-state index in [9.17, 15) is 4.79 Å². The van der Waals surface area contributed by atoms with Crippen molar-refractivity contribution in [2.75, 3.05) is 7.11 Å². The minimum atomic E-state index is -0.322. The molecule has 0 aromatic rings. The van der Waals surface area contributed by atoms with Crippen molar-refractivity contribution in [2.24, 2.45) is 17.3 Å². The van der Waals surface area contributed by atoms with Gasteiger partial charge < -0.3 is 4.74 Å². The third-order valence-electron chi connectivity index (χ3n) is 3.45. The monoisotopic (exact) mass is 200 g/mol. The average molecular weight is 200 g/mol. The molecule has 0 heterocycles. The molecule has 0 aliphatic carbocycles. The van der Waals surface area contributed by atoms with Crippen LogP contribution in [0.1, 0.15) is 47.5 Å². The molecule has 84 valence electrons. The molecule has 14 heavy (non-hydrogen) atoms. The molecule has 0 bridgehead atoms. The van der Waals surface area contributed by atoms with E-state index in [4.69, 9.17) is 4.74 Å². The lowest BCUT2D eigenvalue weighted by Crippen LogP contribution is -2.38. The van der Waals surface area contributed by atoms with Gasteiger partial charge in [-0.2, -0.15) is 0 Å². The Morgan fingerprint density at radius 3 is 2.07 bits per heavy atom. The number of carbonyl (C=O) groups is 1. The van der Waals surface area contributed by atoms with Gasteiger partial charge in [-0.15, -0.1) is 0 Å². The van der Waals surface area contributed by atoms with Crippen molar-refractivity contribution in [3.8, 4) is 0 Å². The van der Waals surface area contributed by atoms with Crippen LogP contribution in [0.15, 0.2) is 0 Å². The van der Waals surface area contributed by atoms with Crippen LogP contribution in [0.3, 0.4) is 0 Å². The van der Waals surface area contributed by atoms with Crippen LogP contribution < -0.4 is 0 Å². The first kappa shape index (κ1) is 13.5. The first-order chi connectivity index (χ1) is 6.43. The Hall–Kier alpha value is -0.530. The summed E-state index contributed by atoms with van der Waals surface area (Å²) in [6.07, 6.45) is 1.87. The molecule has 0 aliphatic heterocycles. The molecular weight excluding hydrogens is 176 g/mol. The standard InChI is InChI=1S/C12H24O2/c1-7-10(9(3)4)12(5,8-2)11(13)14-6/h9-10H,7-8H2,1-6H3. The fraction of sp³-hybridized carbons (Fsp3) is 0.917. The van der Waals surface area contributed by atoms with Crippen molar-refractivity contribution >= 4 is 5.97 Å². The molecule has 2 nitrogen and oxygen atoms in total. The van der Waals surface area contributed by atoms with Crippen LogP contribution in [-0.2, 0) is 9.53 Å². The molecule has 2 heteroatoms. The highest BCUT2D eigenvalue weighted by molar-refractivity contribution is 5.76. The summed E-state index contributed by atoms with van der Waals surface area (Å²) in [7, 11) is 1.48. The largest absolute Gasteiger partial charge is 0.469 e. The molecule has 2 unspecified atom stereocenters. The molecule has 0 amide bonds. The van der Waals surface area contributed by atoms with Crippen LogP contribution in [0, 0.1) is 17.3 Å². The van der Waals surface area contributed by atoms with Gasteiger partial charge in [0.1, 0.15) is 0 Å². The molecule has 0 aromatic carbocycles. The van der Waals surface area contributed by atoms with Gasteiger partial charge in [0.05, 0.1) is 12.5 Å². The molecule has 0 aromatic heterocycles. The predicted molar refractivity (Wildman–Crippen MR) is 59.0 cm³/mol. The zero-order chi connectivity index (χ0) is 11.4. The molecule has 0 N–H and O–H groups in total. The quantitative estimate of drug-likeness (QED) is 0.637. The Balaban J connectivity index is 4.89. The van der Waals surface area contributed by atoms with Gasteiger partial charge in [0.15, 0.2) is 0 Å². The Morgan fingerprint density at radius 2 is 1.86 bits per heavy atom. The van der Waals surface area contributed by atoms with Gasteiger partial charge >= 0.3 is 5.97 Å². The summed E-state index contributed by atoms with van der Waals surface area (Å²) in [6, 6.07) is 0. The van der Waals surface area contributed by atoms with E-state index < -0.39 is 0 Å². The maximum absolute atomic E-state index is 11.7. The molecule has 2 atom stereocenters. The lowest BCUT2D eigenvalue weighted by atomic mass is 9.68. The highest BCUT2D eigenvalue weighted by atomic mass is 16.5. The van der Waals surface area contributed by atoms with E-state index >= 15 is 0 Å². The van der Waals surface area contributed by atoms with E-state index in [1.165, 1.54) is 7.11 Å². The van der Waals surface area contributed by atoms with E-state index in [1.54, 1.807) is 0 Å². The van der Waals surface area contributed by atoms with Crippen LogP contribution in [-0.4, -0.2) is 13.1 Å². The van der Waals surface area contributed by atoms with Crippen molar-refractivity contribution in [1.29, 1.82) is 0 Å². The van der Waals surface area contributed by atoms with E-state index in [0.29, 0.717) is 11.8 Å². The normalized spacial score (nSPS) is 17.6. The van der Waals surface area contributed by atoms with Crippen molar-refractivity contribution in [3.05, 3.63) is 0 Å². The minimum absolute atomic E-state index is 0.0689. The van der Waals surface area contributed by atoms with E-state index in [0.717, 1.165) is 12.8 Å². The molecule has 0 saturated heterocycles. The Bertz CT molecular complexity index is 187. The maximum Gasteiger partial charge on any atom is 0.311 e. The first-order valence-electron chi connectivity index (χ1n) is 5.52. The van der Waals surface area contributed by atoms with Crippen molar-refractivity contribution in [1.82, 2.24) is 0 Å². The van der Waals surface area contributed by atoms with Crippen molar-refractivity contribution < 1.29 is 9.53 Å². The van der Waals surface area contributed by atoms with Crippen LogP contribution >= 0.6 is 0 Å². The second-order valence-electron chi connectivity index (χ2n) is 4.52. The number of hydrogen-bond donors (Lipinski definition) is 0. The van der Waals surface area contributed by atoms with E-state index in [2.05, 4.69) is 27.7 Å². The highest BCUT2D eigenvalue weighted by Crippen LogP contribution is 2.39. The molecule has 0 fully saturated rings. The van der Waals surface area contributed by atoms with Gasteiger partial charge in [-0.05, 0) is 25.2 Å². The van der Waals surface area contributed by atoms with Crippen LogP contribution in [0.25, 0.3) is 0 Å². The van der Waals surface area contributed by atoms with Crippen LogP contribution in [0.4, 0.5) is 0 Å². The topological polar surface area (TPSA) is 26.3 Å². The molecule has 0 radical (unpaired) electrons. The van der Waals surface area contributed by atoms with E-state index in [1.807, 2.05) is 6.92 Å². The number of methoxy groups -OCH3 is 1.